The van der Waals surface area contributed by atoms with Crippen LogP contribution in [0.3, 0.4) is 0 Å². The summed E-state index contributed by atoms with van der Waals surface area (Å²) in [5.41, 5.74) is 1.75. The number of carbonyl (C=O) groups is 1. The first-order chi connectivity index (χ1) is 9.99. The van der Waals surface area contributed by atoms with Crippen LogP contribution in [0.1, 0.15) is 11.1 Å². The Hall–Kier alpha value is -1.73. The quantitative estimate of drug-likeness (QED) is 0.824. The van der Waals surface area contributed by atoms with Gasteiger partial charge in [-0.1, -0.05) is 46.9 Å². The fraction of sp³-hybridized carbons (Fsp3) is 0.0667. The van der Waals surface area contributed by atoms with E-state index in [-0.39, 0.29) is 12.3 Å². The minimum Gasteiger partial charge on any atom is -0.324 e. The van der Waals surface area contributed by atoms with Crippen molar-refractivity contribution < 1.29 is 4.79 Å². The molecule has 21 heavy (non-hydrogen) atoms. The summed E-state index contributed by atoms with van der Waals surface area (Å²) in [7, 11) is 0. The maximum atomic E-state index is 12.0. The first kappa shape index (κ1) is 15.7. The van der Waals surface area contributed by atoms with E-state index in [0.717, 1.165) is 5.56 Å². The van der Waals surface area contributed by atoms with Gasteiger partial charge < -0.3 is 5.32 Å². The van der Waals surface area contributed by atoms with E-state index in [1.54, 1.807) is 24.3 Å². The Labute approximate surface area is 137 Å². The zero-order valence-corrected chi connectivity index (χ0v) is 12.9. The van der Waals surface area contributed by atoms with Crippen LogP contribution in [-0.2, 0) is 11.2 Å². The van der Waals surface area contributed by atoms with Crippen LogP contribution in [0.2, 0.25) is 15.1 Å². The van der Waals surface area contributed by atoms with Crippen molar-refractivity contribution in [2.45, 2.75) is 6.42 Å². The second kappa shape index (κ2) is 6.82. The highest BCUT2D eigenvalue weighted by atomic mass is 35.5. The lowest BCUT2D eigenvalue weighted by atomic mass is 10.1. The Morgan fingerprint density at radius 1 is 1.05 bits per heavy atom. The van der Waals surface area contributed by atoms with E-state index >= 15 is 0 Å². The van der Waals surface area contributed by atoms with Gasteiger partial charge in [-0.3, -0.25) is 4.79 Å². The van der Waals surface area contributed by atoms with Gasteiger partial charge in [-0.05, 0) is 29.8 Å². The third-order valence-corrected chi connectivity index (χ3v) is 3.77. The molecule has 0 radical (unpaired) electrons. The number of nitrogens with one attached hydrogen (secondary N) is 1. The summed E-state index contributed by atoms with van der Waals surface area (Å²) in [6.45, 7) is 0. The molecule has 2 aromatic carbocycles. The van der Waals surface area contributed by atoms with Gasteiger partial charge in [0.25, 0.3) is 0 Å². The topological polar surface area (TPSA) is 52.9 Å². The monoisotopic (exact) mass is 338 g/mol. The Bertz CT molecular complexity index is 721. The molecule has 0 aliphatic heterocycles. The predicted molar refractivity (Wildman–Crippen MR) is 85.0 cm³/mol. The fourth-order valence-electron chi connectivity index (χ4n) is 1.70. The molecule has 0 aliphatic carbocycles. The van der Waals surface area contributed by atoms with Crippen molar-refractivity contribution >= 4 is 46.4 Å². The molecule has 2 aromatic rings. The first-order valence-corrected chi connectivity index (χ1v) is 7.06. The first-order valence-electron chi connectivity index (χ1n) is 5.93. The highest BCUT2D eigenvalue weighted by Gasteiger charge is 2.10. The SMILES string of the molecule is N#Cc1ccc(CC(=O)Nc2cc(Cl)c(Cl)cc2Cl)cc1. The number of halogens is 3. The molecule has 0 aliphatic rings. The van der Waals surface area contributed by atoms with Gasteiger partial charge in [0.1, 0.15) is 0 Å². The molecule has 0 saturated heterocycles. The van der Waals surface area contributed by atoms with Crippen LogP contribution >= 0.6 is 34.8 Å². The highest BCUT2D eigenvalue weighted by molar-refractivity contribution is 6.44. The van der Waals surface area contributed by atoms with Gasteiger partial charge in [-0.2, -0.15) is 5.26 Å². The van der Waals surface area contributed by atoms with Crippen LogP contribution in [0.4, 0.5) is 5.69 Å². The van der Waals surface area contributed by atoms with E-state index in [2.05, 4.69) is 5.32 Å². The second-order valence-corrected chi connectivity index (χ2v) is 5.50. The molecular formula is C15H9Cl3N2O. The van der Waals surface area contributed by atoms with Crippen LogP contribution in [-0.4, -0.2) is 5.91 Å². The Morgan fingerprint density at radius 3 is 2.29 bits per heavy atom. The highest BCUT2D eigenvalue weighted by Crippen LogP contribution is 2.32. The van der Waals surface area contributed by atoms with Gasteiger partial charge in [0.05, 0.1) is 38.8 Å². The third kappa shape index (κ3) is 4.12. The minimum absolute atomic E-state index is 0.169. The van der Waals surface area contributed by atoms with Gasteiger partial charge >= 0.3 is 0 Å². The number of carbonyl (C=O) groups excluding carboxylic acids is 1. The molecule has 1 N–H and O–H groups in total. The molecule has 0 heterocycles. The second-order valence-electron chi connectivity index (χ2n) is 4.28. The van der Waals surface area contributed by atoms with Crippen molar-refractivity contribution in [2.75, 3.05) is 5.32 Å². The summed E-state index contributed by atoms with van der Waals surface area (Å²) in [6, 6.07) is 11.8. The number of benzene rings is 2. The Morgan fingerprint density at radius 2 is 1.67 bits per heavy atom. The van der Waals surface area contributed by atoms with Crippen molar-refractivity contribution in [2.24, 2.45) is 0 Å². The predicted octanol–water partition coefficient (Wildman–Crippen LogP) is 4.70. The maximum absolute atomic E-state index is 12.0. The standard InChI is InChI=1S/C15H9Cl3N2O/c16-11-6-13(18)14(7-12(11)17)20-15(21)5-9-1-3-10(8-19)4-2-9/h1-4,6-7H,5H2,(H,20,21). The van der Waals surface area contributed by atoms with Gasteiger partial charge in [-0.25, -0.2) is 0 Å². The molecule has 6 heteroatoms. The van der Waals surface area contributed by atoms with E-state index in [0.29, 0.717) is 26.3 Å². The zero-order valence-electron chi connectivity index (χ0n) is 10.7. The number of anilines is 1. The number of amides is 1. The third-order valence-electron chi connectivity index (χ3n) is 2.73. The number of rotatable bonds is 3. The largest absolute Gasteiger partial charge is 0.324 e. The number of nitriles is 1. The van der Waals surface area contributed by atoms with Gasteiger partial charge in [0, 0.05) is 0 Å². The molecular weight excluding hydrogens is 331 g/mol. The molecule has 0 saturated carbocycles. The Balaban J connectivity index is 2.08. The average molecular weight is 340 g/mol. The van der Waals surface area contributed by atoms with E-state index < -0.39 is 0 Å². The van der Waals surface area contributed by atoms with Gasteiger partial charge in [-0.15, -0.1) is 0 Å². The van der Waals surface area contributed by atoms with Gasteiger partial charge in [0.2, 0.25) is 5.91 Å². The van der Waals surface area contributed by atoms with Crippen LogP contribution in [0, 0.1) is 11.3 Å². The summed E-state index contributed by atoms with van der Waals surface area (Å²) in [5.74, 6) is -0.236. The van der Waals surface area contributed by atoms with Crippen LogP contribution in [0.25, 0.3) is 0 Å². The lowest BCUT2D eigenvalue weighted by Gasteiger charge is -2.09. The average Bonchev–Trinajstić information content (AvgIpc) is 2.45. The van der Waals surface area contributed by atoms with E-state index in [4.69, 9.17) is 40.1 Å². The number of nitrogens with zero attached hydrogens (tertiary/aromatic N) is 1. The normalized spacial score (nSPS) is 10.0. The summed E-state index contributed by atoms with van der Waals surface area (Å²) in [6.07, 6.45) is 0.169. The summed E-state index contributed by atoms with van der Waals surface area (Å²) in [4.78, 5) is 12.0. The molecule has 0 aromatic heterocycles. The number of hydrogen-bond donors (Lipinski definition) is 1. The van der Waals surface area contributed by atoms with Crippen molar-refractivity contribution in [1.29, 1.82) is 5.26 Å². The molecule has 0 atom stereocenters. The molecule has 0 spiro atoms. The zero-order chi connectivity index (χ0) is 15.4. The minimum atomic E-state index is -0.236. The van der Waals surface area contributed by atoms with Crippen molar-refractivity contribution in [3.05, 3.63) is 62.6 Å². The van der Waals surface area contributed by atoms with E-state index in [9.17, 15) is 4.79 Å². The van der Waals surface area contributed by atoms with Crippen molar-refractivity contribution in [3.63, 3.8) is 0 Å². The Kier molecular flexibility index (Phi) is 5.08. The lowest BCUT2D eigenvalue weighted by molar-refractivity contribution is -0.115. The van der Waals surface area contributed by atoms with Gasteiger partial charge in [0.15, 0.2) is 0 Å². The molecule has 3 nitrogen and oxygen atoms in total. The van der Waals surface area contributed by atoms with Crippen molar-refractivity contribution in [3.8, 4) is 6.07 Å². The summed E-state index contributed by atoms with van der Waals surface area (Å²) in [5, 5.41) is 12.4. The van der Waals surface area contributed by atoms with E-state index in [1.165, 1.54) is 12.1 Å². The number of hydrogen-bond acceptors (Lipinski definition) is 2. The van der Waals surface area contributed by atoms with Crippen LogP contribution in [0.15, 0.2) is 36.4 Å². The summed E-state index contributed by atoms with van der Waals surface area (Å²) < 4.78 is 0. The van der Waals surface area contributed by atoms with Crippen LogP contribution < -0.4 is 5.32 Å². The smallest absolute Gasteiger partial charge is 0.228 e. The molecule has 0 unspecified atom stereocenters. The lowest BCUT2D eigenvalue weighted by Crippen LogP contribution is -2.14. The molecule has 106 valence electrons. The molecule has 0 fully saturated rings. The fourth-order valence-corrected chi connectivity index (χ4v) is 2.29. The molecule has 0 bridgehead atoms. The summed E-state index contributed by atoms with van der Waals surface area (Å²) >= 11 is 17.7. The molecule has 1 amide bonds. The molecule has 2 rings (SSSR count). The van der Waals surface area contributed by atoms with Crippen molar-refractivity contribution in [1.82, 2.24) is 0 Å². The van der Waals surface area contributed by atoms with E-state index in [1.807, 2.05) is 6.07 Å². The maximum Gasteiger partial charge on any atom is 0.228 e. The van der Waals surface area contributed by atoms with Crippen LogP contribution in [0.5, 0.6) is 0 Å².